The topological polar surface area (TPSA) is 53.3 Å². The molecule has 7 heteroatoms. The van der Waals surface area contributed by atoms with Crippen LogP contribution in [0.25, 0.3) is 5.52 Å². The molecule has 0 aliphatic carbocycles. The molecule has 158 valence electrons. The van der Waals surface area contributed by atoms with E-state index in [0.29, 0.717) is 19.0 Å². The molecule has 2 aromatic heterocycles. The zero-order chi connectivity index (χ0) is 20.6. The Balaban J connectivity index is 1.42. The van der Waals surface area contributed by atoms with Crippen molar-refractivity contribution in [2.24, 2.45) is 0 Å². The number of hydrogen-bond acceptors (Lipinski definition) is 5. The summed E-state index contributed by atoms with van der Waals surface area (Å²) in [6, 6.07) is 4.48. The second-order valence-electron chi connectivity index (χ2n) is 9.35. The van der Waals surface area contributed by atoms with E-state index in [-0.39, 0.29) is 6.09 Å². The molecular formula is C22H33N5O2. The molecule has 0 atom stereocenters. The number of amides is 1. The zero-order valence-corrected chi connectivity index (χ0v) is 18.1. The van der Waals surface area contributed by atoms with E-state index < -0.39 is 5.60 Å². The van der Waals surface area contributed by atoms with Crippen LogP contribution in [0.3, 0.4) is 0 Å². The number of anilines is 1. The third kappa shape index (κ3) is 4.50. The van der Waals surface area contributed by atoms with E-state index in [1.54, 1.807) is 4.90 Å². The van der Waals surface area contributed by atoms with Crippen molar-refractivity contribution in [3.63, 3.8) is 0 Å². The number of nitrogens with zero attached hydrogens (tertiary/aromatic N) is 5. The molecule has 2 saturated heterocycles. The van der Waals surface area contributed by atoms with Crippen LogP contribution in [-0.4, -0.2) is 77.4 Å². The zero-order valence-electron chi connectivity index (χ0n) is 18.1. The molecule has 0 aromatic carbocycles. The highest BCUT2D eigenvalue weighted by molar-refractivity contribution is 5.74. The number of carbonyl (C=O) groups excluding carboxylic acids is 1. The fourth-order valence-electron chi connectivity index (χ4n) is 4.27. The van der Waals surface area contributed by atoms with E-state index in [2.05, 4.69) is 40.3 Å². The van der Waals surface area contributed by atoms with E-state index in [9.17, 15) is 4.79 Å². The highest BCUT2D eigenvalue weighted by Crippen LogP contribution is 2.30. The Morgan fingerprint density at radius 3 is 2.41 bits per heavy atom. The summed E-state index contributed by atoms with van der Waals surface area (Å²) in [6.07, 6.45) is 6.36. The molecule has 0 bridgehead atoms. The summed E-state index contributed by atoms with van der Waals surface area (Å²) < 4.78 is 7.52. The van der Waals surface area contributed by atoms with Gasteiger partial charge < -0.3 is 19.4 Å². The Kier molecular flexibility index (Phi) is 5.42. The van der Waals surface area contributed by atoms with Crippen molar-refractivity contribution in [2.45, 2.75) is 45.1 Å². The molecule has 2 fully saturated rings. The normalized spacial score (nSPS) is 19.7. The van der Waals surface area contributed by atoms with Crippen LogP contribution in [0.1, 0.15) is 45.1 Å². The average Bonchev–Trinajstić information content (AvgIpc) is 3.10. The second-order valence-corrected chi connectivity index (χ2v) is 9.35. The van der Waals surface area contributed by atoms with Crippen molar-refractivity contribution in [1.29, 1.82) is 0 Å². The molecule has 2 aliphatic heterocycles. The van der Waals surface area contributed by atoms with Crippen LogP contribution < -0.4 is 4.90 Å². The van der Waals surface area contributed by atoms with Gasteiger partial charge in [0.05, 0.1) is 17.4 Å². The van der Waals surface area contributed by atoms with Gasteiger partial charge in [-0.25, -0.2) is 9.31 Å². The van der Waals surface area contributed by atoms with Gasteiger partial charge in [0.2, 0.25) is 0 Å². The minimum atomic E-state index is -0.456. The average molecular weight is 400 g/mol. The first-order valence-corrected chi connectivity index (χ1v) is 10.7. The van der Waals surface area contributed by atoms with E-state index in [1.165, 1.54) is 18.4 Å². The number of hydrogen-bond donors (Lipinski definition) is 0. The maximum Gasteiger partial charge on any atom is 0.410 e. The van der Waals surface area contributed by atoms with Crippen LogP contribution in [0.4, 0.5) is 10.5 Å². The maximum atomic E-state index is 12.3. The lowest BCUT2D eigenvalue weighted by atomic mass is 9.91. The van der Waals surface area contributed by atoms with Gasteiger partial charge in [-0.2, -0.15) is 5.10 Å². The minimum Gasteiger partial charge on any atom is -0.444 e. The summed E-state index contributed by atoms with van der Waals surface area (Å²) in [6.45, 7) is 10.9. The van der Waals surface area contributed by atoms with Crippen LogP contribution in [-0.2, 0) is 4.74 Å². The van der Waals surface area contributed by atoms with Crippen molar-refractivity contribution in [3.05, 3.63) is 30.1 Å². The molecular weight excluding hydrogens is 366 g/mol. The molecule has 0 radical (unpaired) electrons. The smallest absolute Gasteiger partial charge is 0.410 e. The first-order valence-electron chi connectivity index (χ1n) is 10.7. The van der Waals surface area contributed by atoms with Crippen LogP contribution in [0.2, 0.25) is 0 Å². The summed E-state index contributed by atoms with van der Waals surface area (Å²) >= 11 is 0. The van der Waals surface area contributed by atoms with Crippen LogP contribution in [0.5, 0.6) is 0 Å². The van der Waals surface area contributed by atoms with Crippen molar-refractivity contribution in [3.8, 4) is 0 Å². The van der Waals surface area contributed by atoms with E-state index in [0.717, 1.165) is 37.4 Å². The maximum absolute atomic E-state index is 12.3. The Hall–Kier alpha value is -2.28. The molecule has 0 saturated carbocycles. The first-order chi connectivity index (χ1) is 13.8. The number of likely N-dealkylation sites (tertiary alicyclic amines) is 1. The van der Waals surface area contributed by atoms with Gasteiger partial charge in [0.25, 0.3) is 0 Å². The van der Waals surface area contributed by atoms with Gasteiger partial charge in [-0.3, -0.25) is 0 Å². The highest BCUT2D eigenvalue weighted by Gasteiger charge is 2.27. The molecule has 1 amide bonds. The van der Waals surface area contributed by atoms with E-state index in [1.807, 2.05) is 31.5 Å². The number of rotatable bonds is 2. The van der Waals surface area contributed by atoms with Crippen molar-refractivity contribution in [1.82, 2.24) is 19.4 Å². The van der Waals surface area contributed by atoms with Crippen LogP contribution in [0.15, 0.2) is 24.5 Å². The monoisotopic (exact) mass is 399 g/mol. The van der Waals surface area contributed by atoms with E-state index in [4.69, 9.17) is 4.74 Å². The summed E-state index contributed by atoms with van der Waals surface area (Å²) in [5.41, 5.74) is 3.20. The lowest BCUT2D eigenvalue weighted by Gasteiger charge is -2.36. The summed E-state index contributed by atoms with van der Waals surface area (Å²) in [5, 5.41) is 4.63. The van der Waals surface area contributed by atoms with Gasteiger partial charge in [0.1, 0.15) is 5.60 Å². The van der Waals surface area contributed by atoms with Crippen LogP contribution in [0, 0.1) is 0 Å². The molecule has 2 aromatic rings. The van der Waals surface area contributed by atoms with Gasteiger partial charge in [0, 0.05) is 32.4 Å². The quantitative estimate of drug-likeness (QED) is 0.776. The second kappa shape index (κ2) is 7.86. The number of ether oxygens (including phenoxy) is 1. The minimum absolute atomic E-state index is 0.222. The fraction of sp³-hybridized carbons (Fsp3) is 0.636. The third-order valence-corrected chi connectivity index (χ3v) is 5.98. The van der Waals surface area contributed by atoms with E-state index >= 15 is 0 Å². The van der Waals surface area contributed by atoms with Crippen molar-refractivity contribution in [2.75, 3.05) is 51.2 Å². The number of pyridine rings is 1. The third-order valence-electron chi connectivity index (χ3n) is 5.98. The number of piperidine rings is 1. The Morgan fingerprint density at radius 1 is 1.07 bits per heavy atom. The largest absolute Gasteiger partial charge is 0.444 e. The van der Waals surface area contributed by atoms with Crippen molar-refractivity contribution < 1.29 is 9.53 Å². The number of carbonyl (C=O) groups is 1. The SMILES string of the molecule is CN1CCC(c2ccc3c(N4CCN(C(=O)OC(C)(C)C)CC4)cnn3c2)CC1. The summed E-state index contributed by atoms with van der Waals surface area (Å²) in [4.78, 5) is 18.8. The highest BCUT2D eigenvalue weighted by atomic mass is 16.6. The van der Waals surface area contributed by atoms with Gasteiger partial charge in [-0.1, -0.05) is 6.07 Å². The first kappa shape index (κ1) is 20.0. The standard InChI is InChI=1S/C22H33N5O2/c1-22(2,3)29-21(28)26-13-11-25(12-14-26)20-15-23-27-16-18(5-6-19(20)27)17-7-9-24(4)10-8-17/h5-6,15-17H,7-14H2,1-4H3. The van der Waals surface area contributed by atoms with Gasteiger partial charge in [0.15, 0.2) is 0 Å². The number of fused-ring (bicyclic) bond motifs is 1. The predicted molar refractivity (Wildman–Crippen MR) is 115 cm³/mol. The molecule has 4 rings (SSSR count). The lowest BCUT2D eigenvalue weighted by Crippen LogP contribution is -2.50. The van der Waals surface area contributed by atoms with Crippen LogP contribution >= 0.6 is 0 Å². The Morgan fingerprint density at radius 2 is 1.76 bits per heavy atom. The predicted octanol–water partition coefficient (Wildman–Crippen LogP) is 3.20. The van der Waals surface area contributed by atoms with Gasteiger partial charge >= 0.3 is 6.09 Å². The fourth-order valence-corrected chi connectivity index (χ4v) is 4.27. The summed E-state index contributed by atoms with van der Waals surface area (Å²) in [5.74, 6) is 0.626. The lowest BCUT2D eigenvalue weighted by molar-refractivity contribution is 0.0240. The molecule has 2 aliphatic rings. The molecule has 4 heterocycles. The Labute approximate surface area is 173 Å². The van der Waals surface area contributed by atoms with Crippen molar-refractivity contribution >= 4 is 17.3 Å². The molecule has 7 nitrogen and oxygen atoms in total. The number of piperazine rings is 1. The summed E-state index contributed by atoms with van der Waals surface area (Å²) in [7, 11) is 2.20. The molecule has 0 N–H and O–H groups in total. The van der Waals surface area contributed by atoms with Gasteiger partial charge in [-0.05, 0) is 71.3 Å². The Bertz CT molecular complexity index is 856. The molecule has 0 unspecified atom stereocenters. The molecule has 0 spiro atoms. The molecule has 29 heavy (non-hydrogen) atoms. The number of aromatic nitrogens is 2. The van der Waals surface area contributed by atoms with Gasteiger partial charge in [-0.15, -0.1) is 0 Å².